The molecule has 0 fully saturated rings. The average molecular weight is 299 g/mol. The first-order valence-electron chi connectivity index (χ1n) is 5.38. The monoisotopic (exact) mass is 298 g/mol. The summed E-state index contributed by atoms with van der Waals surface area (Å²) in [6.07, 6.45) is -2.05. The molecule has 0 bridgehead atoms. The maximum absolute atomic E-state index is 11.9. The van der Waals surface area contributed by atoms with Gasteiger partial charge >= 0.3 is 0 Å². The first-order valence-corrected chi connectivity index (χ1v) is 6.19. The minimum absolute atomic E-state index is 0.161. The predicted molar refractivity (Wildman–Crippen MR) is 68.0 cm³/mol. The van der Waals surface area contributed by atoms with Crippen LogP contribution in [-0.4, -0.2) is 26.7 Å². The quantitative estimate of drug-likeness (QED) is 0.552. The van der Waals surface area contributed by atoms with Gasteiger partial charge in [0.15, 0.2) is 0 Å². The van der Waals surface area contributed by atoms with Crippen LogP contribution < -0.4 is 4.74 Å². The summed E-state index contributed by atoms with van der Waals surface area (Å²) in [4.78, 5) is 0. The summed E-state index contributed by atoms with van der Waals surface area (Å²) in [5, 5.41) is 0.154. The molecular formula is C12H14Cl2F2O2. The Morgan fingerprint density at radius 2 is 2.06 bits per heavy atom. The molecule has 1 aromatic rings. The fourth-order valence-electron chi connectivity index (χ4n) is 1.46. The second-order valence-electron chi connectivity index (χ2n) is 3.61. The van der Waals surface area contributed by atoms with E-state index in [1.807, 2.05) is 0 Å². The predicted octanol–water partition coefficient (Wildman–Crippen LogP) is 4.30. The molecule has 0 aliphatic heterocycles. The van der Waals surface area contributed by atoms with Crippen LogP contribution in [0.25, 0.3) is 0 Å². The highest BCUT2D eigenvalue weighted by molar-refractivity contribution is 6.30. The molecule has 0 aromatic heterocycles. The number of hydrogen-bond acceptors (Lipinski definition) is 2. The van der Waals surface area contributed by atoms with Gasteiger partial charge in [-0.25, -0.2) is 8.78 Å². The third kappa shape index (κ3) is 4.96. The molecule has 0 spiro atoms. The summed E-state index contributed by atoms with van der Waals surface area (Å²) < 4.78 is 33.7. The number of alkyl halides is 3. The average Bonchev–Trinajstić information content (AvgIpc) is 2.34. The van der Waals surface area contributed by atoms with Crippen molar-refractivity contribution in [1.82, 2.24) is 0 Å². The van der Waals surface area contributed by atoms with Crippen molar-refractivity contribution in [2.75, 3.05) is 20.3 Å². The third-order valence-electron chi connectivity index (χ3n) is 2.29. The van der Waals surface area contributed by atoms with E-state index >= 15 is 0 Å². The van der Waals surface area contributed by atoms with E-state index < -0.39 is 18.4 Å². The van der Waals surface area contributed by atoms with Crippen molar-refractivity contribution in [3.05, 3.63) is 28.8 Å². The molecule has 0 radical (unpaired) electrons. The van der Waals surface area contributed by atoms with Crippen molar-refractivity contribution in [3.8, 4) is 5.75 Å². The SMILES string of the molecule is COc1ccc(Cl)cc1C(Cl)CCOCC(F)F. The zero-order valence-electron chi connectivity index (χ0n) is 9.84. The lowest BCUT2D eigenvalue weighted by molar-refractivity contribution is 0.0165. The van der Waals surface area contributed by atoms with Crippen molar-refractivity contribution < 1.29 is 18.3 Å². The van der Waals surface area contributed by atoms with Gasteiger partial charge in [-0.3, -0.25) is 0 Å². The van der Waals surface area contributed by atoms with Crippen LogP contribution in [0.15, 0.2) is 18.2 Å². The molecule has 0 N–H and O–H groups in total. The van der Waals surface area contributed by atoms with Crippen LogP contribution in [0.4, 0.5) is 8.78 Å². The fourth-order valence-corrected chi connectivity index (χ4v) is 1.90. The lowest BCUT2D eigenvalue weighted by Crippen LogP contribution is -2.07. The Bertz CT molecular complexity index is 375. The fraction of sp³-hybridized carbons (Fsp3) is 0.500. The van der Waals surface area contributed by atoms with Crippen molar-refractivity contribution >= 4 is 23.2 Å². The summed E-state index contributed by atoms with van der Waals surface area (Å²) in [5.74, 6) is 0.619. The summed E-state index contributed by atoms with van der Waals surface area (Å²) in [5.41, 5.74) is 0.729. The van der Waals surface area contributed by atoms with Gasteiger partial charge in [0, 0.05) is 17.2 Å². The summed E-state index contributed by atoms with van der Waals surface area (Å²) in [6.45, 7) is -0.412. The topological polar surface area (TPSA) is 18.5 Å². The maximum atomic E-state index is 11.9. The normalized spacial score (nSPS) is 12.8. The zero-order chi connectivity index (χ0) is 13.5. The Labute approximate surface area is 115 Å². The lowest BCUT2D eigenvalue weighted by Gasteiger charge is -2.14. The number of hydrogen-bond donors (Lipinski definition) is 0. The van der Waals surface area contributed by atoms with Gasteiger partial charge in [-0.15, -0.1) is 11.6 Å². The van der Waals surface area contributed by atoms with Crippen molar-refractivity contribution in [2.24, 2.45) is 0 Å². The molecule has 6 heteroatoms. The van der Waals surface area contributed by atoms with E-state index in [2.05, 4.69) is 0 Å². The van der Waals surface area contributed by atoms with Gasteiger partial charge in [0.25, 0.3) is 6.43 Å². The summed E-state index contributed by atoms with van der Waals surface area (Å²) in [7, 11) is 1.53. The number of halogens is 4. The van der Waals surface area contributed by atoms with Crippen LogP contribution in [0, 0.1) is 0 Å². The second-order valence-corrected chi connectivity index (χ2v) is 4.57. The Morgan fingerprint density at radius 1 is 1.33 bits per heavy atom. The Morgan fingerprint density at radius 3 is 2.67 bits per heavy atom. The van der Waals surface area contributed by atoms with Crippen molar-refractivity contribution in [2.45, 2.75) is 18.2 Å². The molecule has 102 valence electrons. The molecule has 0 aliphatic rings. The highest BCUT2D eigenvalue weighted by Gasteiger charge is 2.14. The molecule has 1 rings (SSSR count). The molecule has 18 heavy (non-hydrogen) atoms. The molecule has 0 amide bonds. The molecule has 0 aliphatic carbocycles. The molecular weight excluding hydrogens is 285 g/mol. The van der Waals surface area contributed by atoms with Gasteiger partial charge in [-0.05, 0) is 24.6 Å². The maximum Gasteiger partial charge on any atom is 0.261 e. The zero-order valence-corrected chi connectivity index (χ0v) is 11.3. The Balaban J connectivity index is 2.55. The highest BCUT2D eigenvalue weighted by Crippen LogP contribution is 2.34. The van der Waals surface area contributed by atoms with E-state index in [0.717, 1.165) is 5.56 Å². The van der Waals surface area contributed by atoms with Crippen LogP contribution in [-0.2, 0) is 4.74 Å². The second kappa shape index (κ2) is 7.77. The van der Waals surface area contributed by atoms with E-state index in [1.165, 1.54) is 7.11 Å². The van der Waals surface area contributed by atoms with Gasteiger partial charge in [0.1, 0.15) is 12.4 Å². The van der Waals surface area contributed by atoms with Gasteiger partial charge in [0.2, 0.25) is 0 Å². The summed E-state index contributed by atoms with van der Waals surface area (Å²) >= 11 is 12.0. The number of ether oxygens (including phenoxy) is 2. The van der Waals surface area contributed by atoms with E-state index in [0.29, 0.717) is 17.2 Å². The number of methoxy groups -OCH3 is 1. The van der Waals surface area contributed by atoms with E-state index in [4.69, 9.17) is 32.7 Å². The van der Waals surface area contributed by atoms with Crippen LogP contribution in [0.3, 0.4) is 0 Å². The Hall–Kier alpha value is -0.580. The van der Waals surface area contributed by atoms with E-state index in [-0.39, 0.29) is 6.61 Å². The van der Waals surface area contributed by atoms with Gasteiger partial charge in [-0.2, -0.15) is 0 Å². The molecule has 1 unspecified atom stereocenters. The first kappa shape index (κ1) is 15.5. The molecule has 1 atom stereocenters. The first-order chi connectivity index (χ1) is 8.54. The number of benzene rings is 1. The van der Waals surface area contributed by atoms with Crippen LogP contribution in [0.2, 0.25) is 5.02 Å². The summed E-state index contributed by atoms with van der Waals surface area (Å²) in [6, 6.07) is 5.11. The highest BCUT2D eigenvalue weighted by atomic mass is 35.5. The minimum atomic E-state index is -2.46. The van der Waals surface area contributed by atoms with Crippen LogP contribution in [0.1, 0.15) is 17.4 Å². The van der Waals surface area contributed by atoms with Gasteiger partial charge < -0.3 is 9.47 Å². The third-order valence-corrected chi connectivity index (χ3v) is 2.98. The standard InChI is InChI=1S/C12H14Cl2F2O2/c1-17-11-3-2-8(13)6-9(11)10(14)4-5-18-7-12(15)16/h2-3,6,10,12H,4-5,7H2,1H3. The van der Waals surface area contributed by atoms with Gasteiger partial charge in [-0.1, -0.05) is 11.6 Å². The van der Waals surface area contributed by atoms with E-state index in [9.17, 15) is 8.78 Å². The molecule has 0 saturated heterocycles. The Kier molecular flexibility index (Phi) is 6.68. The molecule has 2 nitrogen and oxygen atoms in total. The van der Waals surface area contributed by atoms with Gasteiger partial charge in [0.05, 0.1) is 12.5 Å². The smallest absolute Gasteiger partial charge is 0.261 e. The molecule has 1 aromatic carbocycles. The van der Waals surface area contributed by atoms with Crippen LogP contribution >= 0.6 is 23.2 Å². The molecule has 0 heterocycles. The van der Waals surface area contributed by atoms with Crippen molar-refractivity contribution in [1.29, 1.82) is 0 Å². The largest absolute Gasteiger partial charge is 0.496 e. The molecule has 0 saturated carbocycles. The number of rotatable bonds is 7. The van der Waals surface area contributed by atoms with Crippen molar-refractivity contribution in [3.63, 3.8) is 0 Å². The van der Waals surface area contributed by atoms with E-state index in [1.54, 1.807) is 18.2 Å². The minimum Gasteiger partial charge on any atom is -0.496 e. The van der Waals surface area contributed by atoms with Crippen LogP contribution in [0.5, 0.6) is 5.75 Å². The lowest BCUT2D eigenvalue weighted by atomic mass is 10.1.